The molecule has 0 N–H and O–H groups in total. The molecule has 0 amide bonds. The van der Waals surface area contributed by atoms with E-state index in [1.165, 1.54) is 0 Å². The maximum Gasteiger partial charge on any atom is 0.161 e. The van der Waals surface area contributed by atoms with Gasteiger partial charge in [0.15, 0.2) is 11.6 Å². The van der Waals surface area contributed by atoms with E-state index in [1.807, 2.05) is 25.1 Å². The van der Waals surface area contributed by atoms with Crippen molar-refractivity contribution in [2.24, 2.45) is 0 Å². The molecular formula is C12H12F2N4. The summed E-state index contributed by atoms with van der Waals surface area (Å²) in [6, 6.07) is 4.13. The average molecular weight is 250 g/mol. The summed E-state index contributed by atoms with van der Waals surface area (Å²) >= 11 is 0. The highest BCUT2D eigenvalue weighted by Crippen LogP contribution is 2.20. The molecule has 18 heavy (non-hydrogen) atoms. The summed E-state index contributed by atoms with van der Waals surface area (Å²) in [5.74, 6) is -1.25. The molecule has 4 nitrogen and oxygen atoms in total. The number of hydrogen-bond acceptors (Lipinski definition) is 3. The lowest BCUT2D eigenvalue weighted by Crippen LogP contribution is -2.15. The Morgan fingerprint density at radius 1 is 1.33 bits per heavy atom. The number of hydrogen-bond donors (Lipinski definition) is 0. The summed E-state index contributed by atoms with van der Waals surface area (Å²) < 4.78 is 28.0. The first-order valence-corrected chi connectivity index (χ1v) is 5.38. The molecule has 6 heteroatoms. The van der Waals surface area contributed by atoms with Crippen LogP contribution in [0.3, 0.4) is 0 Å². The Balaban J connectivity index is 2.64. The van der Waals surface area contributed by atoms with Crippen LogP contribution in [0.25, 0.3) is 11.0 Å². The van der Waals surface area contributed by atoms with Gasteiger partial charge in [0.05, 0.1) is 23.6 Å². The molecule has 0 bridgehead atoms. The standard InChI is InChI=1S/C12H12F2N4/c1-17(2)7-12-16-10-5-8(13)9(14)6-11(10)18(12)4-3-15/h5-6H,4,7H2,1-2H3. The van der Waals surface area contributed by atoms with Gasteiger partial charge in [-0.25, -0.2) is 13.8 Å². The lowest BCUT2D eigenvalue weighted by Gasteiger charge is -2.10. The highest BCUT2D eigenvalue weighted by atomic mass is 19.2. The van der Waals surface area contributed by atoms with Crippen LogP contribution in [-0.4, -0.2) is 28.5 Å². The first-order chi connectivity index (χ1) is 8.52. The number of fused-ring (bicyclic) bond motifs is 1. The van der Waals surface area contributed by atoms with E-state index in [-0.39, 0.29) is 6.54 Å². The summed E-state index contributed by atoms with van der Waals surface area (Å²) in [5, 5.41) is 8.80. The van der Waals surface area contributed by atoms with E-state index in [4.69, 9.17) is 5.26 Å². The number of imidazole rings is 1. The lowest BCUT2D eigenvalue weighted by molar-refractivity contribution is 0.384. The Bertz CT molecular complexity index is 625. The molecule has 0 aliphatic carbocycles. The minimum absolute atomic E-state index is 0.0603. The molecule has 1 aromatic carbocycles. The Hall–Kier alpha value is -2.00. The molecule has 0 spiro atoms. The SMILES string of the molecule is CN(C)Cc1nc2cc(F)c(F)cc2n1CC#N. The largest absolute Gasteiger partial charge is 0.313 e. The summed E-state index contributed by atoms with van der Waals surface area (Å²) in [6.07, 6.45) is 0. The molecule has 0 atom stereocenters. The highest BCUT2D eigenvalue weighted by molar-refractivity contribution is 5.76. The fraction of sp³-hybridized carbons (Fsp3) is 0.333. The van der Waals surface area contributed by atoms with Gasteiger partial charge < -0.3 is 9.47 Å². The quantitative estimate of drug-likeness (QED) is 0.835. The Labute approximate surface area is 103 Å². The van der Waals surface area contributed by atoms with Crippen LogP contribution in [0.2, 0.25) is 0 Å². The van der Waals surface area contributed by atoms with Gasteiger partial charge in [0.1, 0.15) is 12.4 Å². The molecule has 2 rings (SSSR count). The van der Waals surface area contributed by atoms with Crippen LogP contribution in [0.4, 0.5) is 8.78 Å². The topological polar surface area (TPSA) is 44.9 Å². The molecule has 2 aromatic rings. The van der Waals surface area contributed by atoms with Gasteiger partial charge in [-0.1, -0.05) is 0 Å². The van der Waals surface area contributed by atoms with Crippen LogP contribution >= 0.6 is 0 Å². The van der Waals surface area contributed by atoms with Crippen molar-refractivity contribution >= 4 is 11.0 Å². The molecule has 0 aliphatic rings. The first kappa shape index (κ1) is 12.5. The van der Waals surface area contributed by atoms with E-state index >= 15 is 0 Å². The van der Waals surface area contributed by atoms with E-state index in [9.17, 15) is 8.78 Å². The Kier molecular flexibility index (Phi) is 3.26. The van der Waals surface area contributed by atoms with Gasteiger partial charge in [0, 0.05) is 12.1 Å². The third-order valence-corrected chi connectivity index (χ3v) is 2.56. The van der Waals surface area contributed by atoms with E-state index in [0.717, 1.165) is 12.1 Å². The zero-order valence-electron chi connectivity index (χ0n) is 10.1. The van der Waals surface area contributed by atoms with E-state index in [2.05, 4.69) is 4.98 Å². The van der Waals surface area contributed by atoms with Gasteiger partial charge in [0.25, 0.3) is 0 Å². The Morgan fingerprint density at radius 3 is 2.61 bits per heavy atom. The zero-order valence-corrected chi connectivity index (χ0v) is 10.1. The van der Waals surface area contributed by atoms with Crippen LogP contribution in [0.1, 0.15) is 5.82 Å². The van der Waals surface area contributed by atoms with E-state index in [1.54, 1.807) is 4.57 Å². The van der Waals surface area contributed by atoms with Gasteiger partial charge in [-0.3, -0.25) is 0 Å². The zero-order chi connectivity index (χ0) is 13.3. The number of nitrogens with zero attached hydrogens (tertiary/aromatic N) is 4. The van der Waals surface area contributed by atoms with Gasteiger partial charge in [-0.15, -0.1) is 0 Å². The van der Waals surface area contributed by atoms with Crippen LogP contribution < -0.4 is 0 Å². The van der Waals surface area contributed by atoms with Crippen molar-refractivity contribution in [2.75, 3.05) is 14.1 Å². The maximum atomic E-state index is 13.2. The second-order valence-corrected chi connectivity index (χ2v) is 4.27. The highest BCUT2D eigenvalue weighted by Gasteiger charge is 2.14. The van der Waals surface area contributed by atoms with Crippen LogP contribution in [0, 0.1) is 23.0 Å². The van der Waals surface area contributed by atoms with Crippen molar-refractivity contribution < 1.29 is 8.78 Å². The summed E-state index contributed by atoms with van der Waals surface area (Å²) in [5.41, 5.74) is 0.799. The Morgan fingerprint density at radius 2 is 2.00 bits per heavy atom. The third-order valence-electron chi connectivity index (χ3n) is 2.56. The molecule has 0 saturated carbocycles. The molecule has 0 radical (unpaired) electrons. The lowest BCUT2D eigenvalue weighted by atomic mass is 10.3. The maximum absolute atomic E-state index is 13.2. The summed E-state index contributed by atoms with van der Waals surface area (Å²) in [6.45, 7) is 0.560. The molecule has 1 heterocycles. The molecular weight excluding hydrogens is 238 g/mol. The van der Waals surface area contributed by atoms with Crippen molar-refractivity contribution in [2.45, 2.75) is 13.1 Å². The van der Waals surface area contributed by atoms with Crippen LogP contribution in [-0.2, 0) is 13.1 Å². The molecule has 0 fully saturated rings. The number of halogens is 2. The van der Waals surface area contributed by atoms with Gasteiger partial charge in [-0.05, 0) is 14.1 Å². The summed E-state index contributed by atoms with van der Waals surface area (Å²) in [4.78, 5) is 6.11. The first-order valence-electron chi connectivity index (χ1n) is 5.38. The summed E-state index contributed by atoms with van der Waals surface area (Å²) in [7, 11) is 3.72. The van der Waals surface area contributed by atoms with Gasteiger partial charge >= 0.3 is 0 Å². The van der Waals surface area contributed by atoms with Crippen molar-refractivity contribution in [3.63, 3.8) is 0 Å². The molecule has 1 aromatic heterocycles. The third kappa shape index (κ3) is 2.17. The normalized spacial score (nSPS) is 11.1. The predicted octanol–water partition coefficient (Wildman–Crippen LogP) is 1.90. The number of rotatable bonds is 3. The average Bonchev–Trinajstić information content (AvgIpc) is 2.58. The number of aromatic nitrogens is 2. The van der Waals surface area contributed by atoms with Gasteiger partial charge in [0.2, 0.25) is 0 Å². The second kappa shape index (κ2) is 4.70. The molecule has 94 valence electrons. The van der Waals surface area contributed by atoms with Gasteiger partial charge in [-0.2, -0.15) is 5.26 Å². The van der Waals surface area contributed by atoms with Crippen LogP contribution in [0.5, 0.6) is 0 Å². The minimum Gasteiger partial charge on any atom is -0.313 e. The molecule has 0 aliphatic heterocycles. The fourth-order valence-corrected chi connectivity index (χ4v) is 1.82. The van der Waals surface area contributed by atoms with Crippen molar-refractivity contribution in [3.05, 3.63) is 29.6 Å². The molecule has 0 saturated heterocycles. The molecule has 0 unspecified atom stereocenters. The van der Waals surface area contributed by atoms with E-state index < -0.39 is 11.6 Å². The van der Waals surface area contributed by atoms with Crippen molar-refractivity contribution in [1.82, 2.24) is 14.5 Å². The van der Waals surface area contributed by atoms with Crippen LogP contribution in [0.15, 0.2) is 12.1 Å². The van der Waals surface area contributed by atoms with Crippen molar-refractivity contribution in [1.29, 1.82) is 5.26 Å². The smallest absolute Gasteiger partial charge is 0.161 e. The predicted molar refractivity (Wildman–Crippen MR) is 62.7 cm³/mol. The van der Waals surface area contributed by atoms with E-state index in [0.29, 0.717) is 23.4 Å². The second-order valence-electron chi connectivity index (χ2n) is 4.27. The fourth-order valence-electron chi connectivity index (χ4n) is 1.82. The number of nitriles is 1. The number of benzene rings is 1. The monoisotopic (exact) mass is 250 g/mol. The minimum atomic E-state index is -0.932. The van der Waals surface area contributed by atoms with Crippen molar-refractivity contribution in [3.8, 4) is 6.07 Å².